The fourth-order valence-electron chi connectivity index (χ4n) is 3.42. The lowest BCUT2D eigenvalue weighted by atomic mass is 10.2. The summed E-state index contributed by atoms with van der Waals surface area (Å²) in [6.45, 7) is 2.79. The lowest BCUT2D eigenvalue weighted by Crippen LogP contribution is -2.36. The topological polar surface area (TPSA) is 103 Å². The van der Waals surface area contributed by atoms with Crippen LogP contribution < -0.4 is 16.0 Å². The van der Waals surface area contributed by atoms with Crippen LogP contribution in [0, 0.1) is 0 Å². The molecular weight excluding hydrogens is 402 g/mol. The Bertz CT molecular complexity index is 1110. The number of ether oxygens (including phenoxy) is 2. The van der Waals surface area contributed by atoms with E-state index in [1.54, 1.807) is 36.4 Å². The van der Waals surface area contributed by atoms with Crippen molar-refractivity contribution in [1.82, 2.24) is 4.57 Å². The number of oxazole rings is 1. The Kier molecular flexibility index (Phi) is 6.32. The quantitative estimate of drug-likeness (QED) is 0.578. The molecule has 1 saturated heterocycles. The van der Waals surface area contributed by atoms with Gasteiger partial charge in [0, 0.05) is 31.0 Å². The molecule has 1 N–H and O–H groups in total. The molecule has 0 unspecified atom stereocenters. The first-order valence-electron chi connectivity index (χ1n) is 10.1. The van der Waals surface area contributed by atoms with Gasteiger partial charge in [-0.3, -0.25) is 14.2 Å². The van der Waals surface area contributed by atoms with Gasteiger partial charge >= 0.3 is 11.7 Å². The third-order valence-electron chi connectivity index (χ3n) is 5.00. The Balaban J connectivity index is 1.23. The minimum absolute atomic E-state index is 0.0506. The predicted molar refractivity (Wildman–Crippen MR) is 114 cm³/mol. The summed E-state index contributed by atoms with van der Waals surface area (Å²) in [7, 11) is 0. The molecule has 0 spiro atoms. The van der Waals surface area contributed by atoms with E-state index in [1.165, 1.54) is 4.57 Å². The molecule has 0 saturated carbocycles. The zero-order valence-electron chi connectivity index (χ0n) is 16.9. The maximum absolute atomic E-state index is 12.1. The third-order valence-corrected chi connectivity index (χ3v) is 5.00. The number of nitrogens with zero attached hydrogens (tertiary/aromatic N) is 2. The van der Waals surface area contributed by atoms with Crippen molar-refractivity contribution < 1.29 is 23.5 Å². The summed E-state index contributed by atoms with van der Waals surface area (Å²) < 4.78 is 16.9. The molecule has 4 rings (SSSR count). The maximum atomic E-state index is 12.1. The fraction of sp³-hybridized carbons (Fsp3) is 0.318. The highest BCUT2D eigenvalue weighted by Gasteiger charge is 2.13. The van der Waals surface area contributed by atoms with Crippen LogP contribution in [0.1, 0.15) is 6.42 Å². The van der Waals surface area contributed by atoms with Gasteiger partial charge in [0.05, 0.1) is 25.2 Å². The highest BCUT2D eigenvalue weighted by molar-refractivity contribution is 5.93. The summed E-state index contributed by atoms with van der Waals surface area (Å²) in [5.41, 5.74) is 2.75. The number of aromatic nitrogens is 1. The smallest absolute Gasteiger partial charge is 0.419 e. The molecule has 9 nitrogen and oxygen atoms in total. The first-order chi connectivity index (χ1) is 15.1. The zero-order valence-corrected chi connectivity index (χ0v) is 16.9. The number of fused-ring (bicyclic) bond motifs is 1. The molecule has 2 heterocycles. The molecule has 1 amide bonds. The molecule has 1 aliphatic rings. The van der Waals surface area contributed by atoms with Crippen molar-refractivity contribution in [3.05, 3.63) is 59.1 Å². The Labute approximate surface area is 178 Å². The summed E-state index contributed by atoms with van der Waals surface area (Å²) in [4.78, 5) is 38.2. The first-order valence-corrected chi connectivity index (χ1v) is 10.1. The van der Waals surface area contributed by atoms with E-state index < -0.39 is 24.2 Å². The number of anilines is 2. The molecule has 3 aromatic rings. The van der Waals surface area contributed by atoms with E-state index in [1.807, 2.05) is 12.1 Å². The number of nitrogens with one attached hydrogen (secondary N) is 1. The summed E-state index contributed by atoms with van der Waals surface area (Å²) >= 11 is 0. The van der Waals surface area contributed by atoms with Crippen molar-refractivity contribution in [2.45, 2.75) is 13.0 Å². The van der Waals surface area contributed by atoms with Gasteiger partial charge in [0.1, 0.15) is 0 Å². The van der Waals surface area contributed by atoms with Crippen molar-refractivity contribution in [2.24, 2.45) is 0 Å². The lowest BCUT2D eigenvalue weighted by molar-refractivity contribution is -0.147. The molecule has 9 heteroatoms. The van der Waals surface area contributed by atoms with Gasteiger partial charge in [0.2, 0.25) is 0 Å². The number of carbonyl (C=O) groups is 2. The van der Waals surface area contributed by atoms with Gasteiger partial charge in [-0.1, -0.05) is 12.1 Å². The second kappa shape index (κ2) is 9.48. The number of carbonyl (C=O) groups excluding carboxylic acids is 2. The van der Waals surface area contributed by atoms with Crippen LogP contribution in [0.3, 0.4) is 0 Å². The highest BCUT2D eigenvalue weighted by Crippen LogP contribution is 2.19. The summed E-state index contributed by atoms with van der Waals surface area (Å²) in [5.74, 6) is -1.54. The fourth-order valence-corrected chi connectivity index (χ4v) is 3.42. The number of amides is 1. The molecule has 0 atom stereocenters. The predicted octanol–water partition coefficient (Wildman–Crippen LogP) is 2.00. The molecule has 31 heavy (non-hydrogen) atoms. The summed E-state index contributed by atoms with van der Waals surface area (Å²) in [6, 6.07) is 14.4. The van der Waals surface area contributed by atoms with Gasteiger partial charge in [-0.25, -0.2) is 4.79 Å². The van der Waals surface area contributed by atoms with Crippen LogP contribution in [0.5, 0.6) is 0 Å². The standard InChI is InChI=1S/C22H23N3O6/c26-20(23-16-5-7-17(8-6-16)24-11-13-29-14-12-24)15-30-21(27)9-10-25-18-3-1-2-4-19(18)31-22(25)28/h1-8H,9-15H2,(H,23,26). The van der Waals surface area contributed by atoms with Gasteiger partial charge in [-0.05, 0) is 36.4 Å². The minimum Gasteiger partial charge on any atom is -0.456 e. The molecule has 0 radical (unpaired) electrons. The van der Waals surface area contributed by atoms with Crippen LogP contribution >= 0.6 is 0 Å². The van der Waals surface area contributed by atoms with E-state index in [9.17, 15) is 14.4 Å². The first kappa shape index (κ1) is 20.7. The molecule has 1 fully saturated rings. The van der Waals surface area contributed by atoms with Crippen LogP contribution in [0.2, 0.25) is 0 Å². The zero-order chi connectivity index (χ0) is 21.6. The molecule has 1 aliphatic heterocycles. The number of benzene rings is 2. The van der Waals surface area contributed by atoms with Crippen LogP contribution in [0.4, 0.5) is 11.4 Å². The van der Waals surface area contributed by atoms with Crippen molar-refractivity contribution >= 4 is 34.4 Å². The lowest BCUT2D eigenvalue weighted by Gasteiger charge is -2.28. The number of hydrogen-bond donors (Lipinski definition) is 1. The highest BCUT2D eigenvalue weighted by atomic mass is 16.5. The number of aryl methyl sites for hydroxylation is 1. The van der Waals surface area contributed by atoms with E-state index in [-0.39, 0.29) is 13.0 Å². The van der Waals surface area contributed by atoms with Gasteiger partial charge < -0.3 is 24.1 Å². The van der Waals surface area contributed by atoms with Crippen molar-refractivity contribution in [3.63, 3.8) is 0 Å². The van der Waals surface area contributed by atoms with Crippen LogP contribution in [-0.2, 0) is 25.6 Å². The molecular formula is C22H23N3O6. The van der Waals surface area contributed by atoms with Crippen LogP contribution in [-0.4, -0.2) is 49.4 Å². The Morgan fingerprint density at radius 2 is 1.77 bits per heavy atom. The van der Waals surface area contributed by atoms with Crippen LogP contribution in [0.25, 0.3) is 11.1 Å². The van der Waals surface area contributed by atoms with Gasteiger partial charge in [0.15, 0.2) is 12.2 Å². The average Bonchev–Trinajstić information content (AvgIpc) is 3.12. The molecule has 2 aromatic carbocycles. The Hall–Kier alpha value is -3.59. The van der Waals surface area contributed by atoms with E-state index in [2.05, 4.69) is 10.2 Å². The number of rotatable bonds is 7. The number of para-hydroxylation sites is 2. The average molecular weight is 425 g/mol. The van der Waals surface area contributed by atoms with E-state index in [0.29, 0.717) is 30.0 Å². The van der Waals surface area contributed by atoms with Gasteiger partial charge in [0.25, 0.3) is 5.91 Å². The van der Waals surface area contributed by atoms with Gasteiger partial charge in [-0.15, -0.1) is 0 Å². The maximum Gasteiger partial charge on any atom is 0.419 e. The van der Waals surface area contributed by atoms with Crippen LogP contribution in [0.15, 0.2) is 57.7 Å². The Morgan fingerprint density at radius 1 is 1.03 bits per heavy atom. The van der Waals surface area contributed by atoms with Crippen molar-refractivity contribution in [1.29, 1.82) is 0 Å². The number of esters is 1. The molecule has 0 aliphatic carbocycles. The van der Waals surface area contributed by atoms with E-state index in [4.69, 9.17) is 13.9 Å². The second-order valence-electron chi connectivity index (χ2n) is 7.09. The van der Waals surface area contributed by atoms with Gasteiger partial charge in [-0.2, -0.15) is 0 Å². The second-order valence-corrected chi connectivity index (χ2v) is 7.09. The van der Waals surface area contributed by atoms with Crippen molar-refractivity contribution in [2.75, 3.05) is 43.1 Å². The SMILES string of the molecule is O=C(COC(=O)CCn1c(=O)oc2ccccc21)Nc1ccc(N2CCOCC2)cc1. The normalized spacial score (nSPS) is 13.9. The summed E-state index contributed by atoms with van der Waals surface area (Å²) in [6.07, 6.45) is -0.0506. The third kappa shape index (κ3) is 5.13. The molecule has 162 valence electrons. The van der Waals surface area contributed by atoms with Crippen molar-refractivity contribution in [3.8, 4) is 0 Å². The monoisotopic (exact) mass is 425 g/mol. The Morgan fingerprint density at radius 3 is 2.55 bits per heavy atom. The molecule has 1 aromatic heterocycles. The van der Waals surface area contributed by atoms with E-state index >= 15 is 0 Å². The number of hydrogen-bond acceptors (Lipinski definition) is 7. The van der Waals surface area contributed by atoms with E-state index in [0.717, 1.165) is 18.8 Å². The number of morpholine rings is 1. The molecule has 0 bridgehead atoms. The summed E-state index contributed by atoms with van der Waals surface area (Å²) in [5, 5.41) is 2.70. The largest absolute Gasteiger partial charge is 0.456 e. The minimum atomic E-state index is -0.574.